The van der Waals surface area contributed by atoms with E-state index >= 15 is 0 Å². The van der Waals surface area contributed by atoms with Crippen molar-refractivity contribution in [3.05, 3.63) is 21.9 Å². The van der Waals surface area contributed by atoms with Crippen molar-refractivity contribution in [3.63, 3.8) is 0 Å². The molecule has 0 aromatic carbocycles. The fraction of sp³-hybridized carbons (Fsp3) is 0.684. The summed E-state index contributed by atoms with van der Waals surface area (Å²) < 4.78 is 6.24. The summed E-state index contributed by atoms with van der Waals surface area (Å²) in [6.45, 7) is 16.3. The fourth-order valence-electron chi connectivity index (χ4n) is 2.85. The van der Waals surface area contributed by atoms with Crippen molar-refractivity contribution in [2.75, 3.05) is 26.2 Å². The van der Waals surface area contributed by atoms with Crippen molar-refractivity contribution in [3.8, 4) is 0 Å². The van der Waals surface area contributed by atoms with Crippen molar-refractivity contribution in [2.24, 2.45) is 0 Å². The maximum Gasteiger partial charge on any atom is 1.00 e. The van der Waals surface area contributed by atoms with E-state index < -0.39 is 20.4 Å². The smallest absolute Gasteiger partial charge is 0.544 e. The second kappa shape index (κ2) is 10.2. The van der Waals surface area contributed by atoms with Crippen LogP contribution in [-0.2, 0) is 15.8 Å². The number of aromatic carboxylic acids is 1. The van der Waals surface area contributed by atoms with E-state index in [-0.39, 0.29) is 45.4 Å². The largest absolute Gasteiger partial charge is 1.00 e. The molecule has 1 aromatic heterocycles. The van der Waals surface area contributed by atoms with E-state index in [1.54, 1.807) is 6.07 Å². The van der Waals surface area contributed by atoms with Gasteiger partial charge in [-0.15, -0.1) is 11.3 Å². The van der Waals surface area contributed by atoms with Gasteiger partial charge in [0.25, 0.3) is 0 Å². The van der Waals surface area contributed by atoms with Gasteiger partial charge in [0.15, 0.2) is 8.32 Å². The van der Waals surface area contributed by atoms with Crippen molar-refractivity contribution in [2.45, 2.75) is 58.5 Å². The first kappa shape index (κ1) is 25.8. The first-order valence-corrected chi connectivity index (χ1v) is 13.1. The molecule has 1 fully saturated rings. The Labute approximate surface area is 195 Å². The number of hydrogen-bond acceptors (Lipinski definition) is 6. The minimum atomic E-state index is -1.98. The molecular formula is C19H31N2NaO4SSi. The Bertz CT molecular complexity index is 682. The molecule has 0 spiro atoms. The van der Waals surface area contributed by atoms with Crippen LogP contribution in [0.2, 0.25) is 18.1 Å². The van der Waals surface area contributed by atoms with Crippen LogP contribution in [0.25, 0.3) is 0 Å². The topological polar surface area (TPSA) is 72.9 Å². The number of amides is 1. The second-order valence-corrected chi connectivity index (χ2v) is 14.6. The van der Waals surface area contributed by atoms with Gasteiger partial charge in [-0.3, -0.25) is 9.69 Å². The predicted octanol–water partition coefficient (Wildman–Crippen LogP) is -0.830. The van der Waals surface area contributed by atoms with Gasteiger partial charge >= 0.3 is 29.6 Å². The summed E-state index contributed by atoms with van der Waals surface area (Å²) in [6, 6.07) is 3.43. The number of hydrogen-bond donors (Lipinski definition) is 0. The van der Waals surface area contributed by atoms with Crippen molar-refractivity contribution >= 4 is 31.5 Å². The van der Waals surface area contributed by atoms with Crippen LogP contribution >= 0.6 is 11.3 Å². The summed E-state index contributed by atoms with van der Waals surface area (Å²) in [4.78, 5) is 29.1. The number of piperazine rings is 1. The Kier molecular flexibility index (Phi) is 9.40. The first-order valence-electron chi connectivity index (χ1n) is 9.40. The summed E-state index contributed by atoms with van der Waals surface area (Å²) >= 11 is 1.26. The van der Waals surface area contributed by atoms with Gasteiger partial charge in [0.05, 0.1) is 10.8 Å². The van der Waals surface area contributed by atoms with E-state index in [9.17, 15) is 14.7 Å². The third kappa shape index (κ3) is 6.65. The molecule has 0 aliphatic carbocycles. The molecule has 9 heteroatoms. The molecule has 2 heterocycles. The Morgan fingerprint density at radius 1 is 1.21 bits per heavy atom. The third-order valence-corrected chi connectivity index (χ3v) is 11.2. The number of carbonyl (C=O) groups is 2. The van der Waals surface area contributed by atoms with Gasteiger partial charge in [-0.05, 0) is 37.2 Å². The molecule has 0 radical (unpaired) electrons. The summed E-state index contributed by atoms with van der Waals surface area (Å²) in [7, 11) is -1.98. The van der Waals surface area contributed by atoms with E-state index in [0.29, 0.717) is 19.6 Å². The van der Waals surface area contributed by atoms with Crippen LogP contribution in [-0.4, -0.2) is 62.3 Å². The van der Waals surface area contributed by atoms with Gasteiger partial charge in [-0.25, -0.2) is 0 Å². The standard InChI is InChI=1S/C19H32N2O4SSi.Na/c1-14(25-27(5,6)19(2,3)4)17(22)21-11-9-20(10-12-21)13-15-7-8-16(26-15)18(23)24;/h7-8,14H,9-13H2,1-6H3,(H,23,24);/q;+1/p-1. The maximum atomic E-state index is 12.8. The van der Waals surface area contributed by atoms with Crippen LogP contribution < -0.4 is 34.7 Å². The van der Waals surface area contributed by atoms with Crippen LogP contribution in [0.15, 0.2) is 12.1 Å². The van der Waals surface area contributed by atoms with Gasteiger partial charge in [0.1, 0.15) is 6.10 Å². The summed E-state index contributed by atoms with van der Waals surface area (Å²) in [5, 5.41) is 11.0. The molecule has 0 N–H and O–H groups in total. The fourth-order valence-corrected chi connectivity index (χ4v) is 5.07. The van der Waals surface area contributed by atoms with Crippen LogP contribution in [0.4, 0.5) is 0 Å². The molecule has 1 aromatic rings. The van der Waals surface area contributed by atoms with Crippen LogP contribution in [0.5, 0.6) is 0 Å². The van der Waals surface area contributed by atoms with E-state index in [4.69, 9.17) is 4.43 Å². The number of rotatable bonds is 6. The first-order chi connectivity index (χ1) is 12.4. The summed E-state index contributed by atoms with van der Waals surface area (Å²) in [5.41, 5.74) is 0. The van der Waals surface area contributed by atoms with E-state index in [1.807, 2.05) is 17.9 Å². The average molecular weight is 435 g/mol. The zero-order valence-electron chi connectivity index (χ0n) is 18.2. The zero-order chi connectivity index (χ0) is 20.4. The van der Waals surface area contributed by atoms with Crippen LogP contribution in [0.1, 0.15) is 42.2 Å². The van der Waals surface area contributed by atoms with E-state index in [1.165, 1.54) is 11.3 Å². The van der Waals surface area contributed by atoms with Gasteiger partial charge < -0.3 is 19.2 Å². The molecule has 28 heavy (non-hydrogen) atoms. The Morgan fingerprint density at radius 2 is 1.79 bits per heavy atom. The molecule has 1 amide bonds. The Hall–Kier alpha value is -0.223. The predicted molar refractivity (Wildman–Crippen MR) is 108 cm³/mol. The summed E-state index contributed by atoms with van der Waals surface area (Å²) in [6.07, 6.45) is -0.416. The number of thiophene rings is 1. The monoisotopic (exact) mass is 434 g/mol. The quantitative estimate of drug-likeness (QED) is 0.547. The number of nitrogens with zero attached hydrogens (tertiary/aromatic N) is 2. The van der Waals surface area contributed by atoms with Gasteiger partial charge in [-0.2, -0.15) is 0 Å². The maximum absolute atomic E-state index is 12.8. The number of carboxylic acid groups (broad SMARTS) is 1. The Morgan fingerprint density at radius 3 is 2.25 bits per heavy atom. The third-order valence-electron chi connectivity index (χ3n) is 5.55. The number of carbonyl (C=O) groups excluding carboxylic acids is 2. The molecule has 1 saturated heterocycles. The van der Waals surface area contributed by atoms with Crippen molar-refractivity contribution in [1.82, 2.24) is 9.80 Å². The molecule has 152 valence electrons. The van der Waals surface area contributed by atoms with Gasteiger partial charge in [-0.1, -0.05) is 20.8 Å². The van der Waals surface area contributed by atoms with Crippen LogP contribution in [0, 0.1) is 0 Å². The molecule has 1 aliphatic rings. The molecule has 6 nitrogen and oxygen atoms in total. The van der Waals surface area contributed by atoms with Gasteiger partial charge in [0, 0.05) is 37.6 Å². The molecule has 1 atom stereocenters. The second-order valence-electron chi connectivity index (χ2n) is 8.68. The van der Waals surface area contributed by atoms with E-state index in [2.05, 4.69) is 38.8 Å². The minimum absolute atomic E-state index is 0. The van der Waals surface area contributed by atoms with Crippen molar-refractivity contribution in [1.29, 1.82) is 0 Å². The summed E-state index contributed by atoms with van der Waals surface area (Å²) in [5.74, 6) is -1.06. The Balaban J connectivity index is 0.00000392. The van der Waals surface area contributed by atoms with Gasteiger partial charge in [0.2, 0.25) is 5.91 Å². The number of carboxylic acids is 1. The molecule has 0 saturated carbocycles. The molecule has 1 unspecified atom stereocenters. The normalized spacial score (nSPS) is 17.1. The molecular weight excluding hydrogens is 403 g/mol. The SMILES string of the molecule is CC(O[Si](C)(C)C(C)(C)C)C(=O)N1CCN(Cc2ccc(C(=O)[O-])s2)CC1.[Na+]. The van der Waals surface area contributed by atoms with Crippen LogP contribution in [0.3, 0.4) is 0 Å². The van der Waals surface area contributed by atoms with Crippen molar-refractivity contribution < 1.29 is 48.7 Å². The van der Waals surface area contributed by atoms with E-state index in [0.717, 1.165) is 18.0 Å². The molecule has 0 bridgehead atoms. The average Bonchev–Trinajstić information content (AvgIpc) is 3.02. The zero-order valence-corrected chi connectivity index (χ0v) is 22.0. The molecule has 2 rings (SSSR count). The minimum Gasteiger partial charge on any atom is -0.544 e. The molecule has 1 aliphatic heterocycles.